The third kappa shape index (κ3) is 5.03. The van der Waals surface area contributed by atoms with E-state index in [0.29, 0.717) is 29.1 Å². The van der Waals surface area contributed by atoms with Crippen LogP contribution >= 0.6 is 11.8 Å². The van der Waals surface area contributed by atoms with Gasteiger partial charge >= 0.3 is 0 Å². The molecule has 3 N–H and O–H groups in total. The van der Waals surface area contributed by atoms with Crippen molar-refractivity contribution >= 4 is 35.0 Å². The minimum absolute atomic E-state index is 0.0385. The van der Waals surface area contributed by atoms with Gasteiger partial charge in [-0.05, 0) is 25.0 Å². The van der Waals surface area contributed by atoms with Crippen LogP contribution in [0.4, 0.5) is 11.4 Å². The van der Waals surface area contributed by atoms with Crippen LogP contribution in [0.15, 0.2) is 29.4 Å². The van der Waals surface area contributed by atoms with Crippen LogP contribution in [0.5, 0.6) is 0 Å². The van der Waals surface area contributed by atoms with Gasteiger partial charge in [0.2, 0.25) is 11.8 Å². The molecule has 1 aromatic carbocycles. The molecule has 0 aliphatic heterocycles. The molecule has 0 radical (unpaired) electrons. The van der Waals surface area contributed by atoms with Gasteiger partial charge in [-0.2, -0.15) is 0 Å². The van der Waals surface area contributed by atoms with E-state index in [1.807, 2.05) is 4.57 Å². The average molecular weight is 390 g/mol. The van der Waals surface area contributed by atoms with Crippen LogP contribution in [0.2, 0.25) is 0 Å². The van der Waals surface area contributed by atoms with Crippen LogP contribution in [0, 0.1) is 10.1 Å². The lowest BCUT2D eigenvalue weighted by Crippen LogP contribution is -2.15. The van der Waals surface area contributed by atoms with Crippen molar-refractivity contribution in [2.45, 2.75) is 36.9 Å². The number of nitro benzene ring substituents is 1. The number of benzene rings is 1. The molecule has 10 nitrogen and oxygen atoms in total. The highest BCUT2D eigenvalue weighted by Crippen LogP contribution is 2.39. The van der Waals surface area contributed by atoms with E-state index in [9.17, 15) is 19.7 Å². The molecule has 1 aliphatic carbocycles. The first-order chi connectivity index (χ1) is 12.9. The van der Waals surface area contributed by atoms with Crippen molar-refractivity contribution < 1.29 is 14.5 Å². The van der Waals surface area contributed by atoms with E-state index in [-0.39, 0.29) is 23.8 Å². The number of rotatable bonds is 9. The van der Waals surface area contributed by atoms with Crippen LogP contribution in [0.25, 0.3) is 0 Å². The SMILES string of the molecule is NC(=O)CCc1nnc(SCC(=O)Nc2ccc([N+](=O)[O-])cc2)n1C1CC1. The molecule has 3 rings (SSSR count). The maximum atomic E-state index is 12.1. The first-order valence-corrected chi connectivity index (χ1v) is 9.32. The molecule has 0 atom stereocenters. The van der Waals surface area contributed by atoms with Gasteiger partial charge in [-0.3, -0.25) is 19.7 Å². The number of nitrogens with two attached hydrogens (primary N) is 1. The van der Waals surface area contributed by atoms with E-state index in [1.54, 1.807) is 0 Å². The predicted molar refractivity (Wildman–Crippen MR) is 98.3 cm³/mol. The minimum Gasteiger partial charge on any atom is -0.370 e. The van der Waals surface area contributed by atoms with Crippen LogP contribution in [-0.2, 0) is 16.0 Å². The van der Waals surface area contributed by atoms with Gasteiger partial charge in [0.05, 0.1) is 10.7 Å². The van der Waals surface area contributed by atoms with Crippen molar-refractivity contribution in [3.8, 4) is 0 Å². The summed E-state index contributed by atoms with van der Waals surface area (Å²) in [5.74, 6) is 0.182. The highest BCUT2D eigenvalue weighted by molar-refractivity contribution is 7.99. The molecule has 1 aliphatic rings. The molecule has 2 aromatic rings. The number of carbonyl (C=O) groups is 2. The second kappa shape index (κ2) is 8.16. The van der Waals surface area contributed by atoms with E-state index in [0.717, 1.165) is 12.8 Å². The van der Waals surface area contributed by atoms with Gasteiger partial charge in [0, 0.05) is 36.7 Å². The molecule has 0 unspecified atom stereocenters. The van der Waals surface area contributed by atoms with E-state index in [4.69, 9.17) is 5.73 Å². The Bertz CT molecular complexity index is 862. The first kappa shape index (κ1) is 18.8. The molecule has 1 heterocycles. The fourth-order valence-electron chi connectivity index (χ4n) is 2.50. The molecular weight excluding hydrogens is 372 g/mol. The van der Waals surface area contributed by atoms with E-state index in [2.05, 4.69) is 15.5 Å². The zero-order chi connectivity index (χ0) is 19.4. The number of nitro groups is 1. The number of anilines is 1. The Hall–Kier alpha value is -2.95. The van der Waals surface area contributed by atoms with Crippen LogP contribution in [0.3, 0.4) is 0 Å². The summed E-state index contributed by atoms with van der Waals surface area (Å²) in [6.07, 6.45) is 2.67. The van der Waals surface area contributed by atoms with Crippen molar-refractivity contribution in [3.05, 3.63) is 40.2 Å². The number of nitrogens with one attached hydrogen (secondary N) is 1. The number of non-ortho nitro benzene ring substituents is 1. The van der Waals surface area contributed by atoms with Gasteiger partial charge in [0.15, 0.2) is 5.16 Å². The smallest absolute Gasteiger partial charge is 0.269 e. The lowest BCUT2D eigenvalue weighted by molar-refractivity contribution is -0.384. The number of primary amides is 1. The quantitative estimate of drug-likeness (QED) is 0.376. The number of hydrogen-bond donors (Lipinski definition) is 2. The molecule has 1 aromatic heterocycles. The lowest BCUT2D eigenvalue weighted by Gasteiger charge is -2.08. The lowest BCUT2D eigenvalue weighted by atomic mass is 10.3. The third-order valence-corrected chi connectivity index (χ3v) is 4.88. The van der Waals surface area contributed by atoms with Crippen LogP contribution < -0.4 is 11.1 Å². The summed E-state index contributed by atoms with van der Waals surface area (Å²) in [5.41, 5.74) is 5.64. The van der Waals surface area contributed by atoms with Gasteiger partial charge in [-0.25, -0.2) is 0 Å². The zero-order valence-corrected chi connectivity index (χ0v) is 15.1. The molecule has 142 valence electrons. The standard InChI is InChI=1S/C16H18N6O4S/c17-13(23)7-8-14-19-20-16(21(14)11-5-6-11)27-9-15(24)18-10-1-3-12(4-2-10)22(25)26/h1-4,11H,5-9H2,(H2,17,23)(H,18,24). The summed E-state index contributed by atoms with van der Waals surface area (Å²) >= 11 is 1.26. The van der Waals surface area contributed by atoms with Crippen molar-refractivity contribution in [2.75, 3.05) is 11.1 Å². The topological polar surface area (TPSA) is 146 Å². The summed E-state index contributed by atoms with van der Waals surface area (Å²) in [6.45, 7) is 0. The molecule has 0 saturated heterocycles. The van der Waals surface area contributed by atoms with E-state index < -0.39 is 10.8 Å². The molecule has 27 heavy (non-hydrogen) atoms. The first-order valence-electron chi connectivity index (χ1n) is 8.33. The van der Waals surface area contributed by atoms with Gasteiger partial charge in [0.25, 0.3) is 5.69 Å². The van der Waals surface area contributed by atoms with Crippen molar-refractivity contribution in [2.24, 2.45) is 5.73 Å². The summed E-state index contributed by atoms with van der Waals surface area (Å²) in [4.78, 5) is 33.3. The Kier molecular flexibility index (Phi) is 5.69. The Labute approximate surface area is 158 Å². The molecule has 1 saturated carbocycles. The monoisotopic (exact) mass is 390 g/mol. The summed E-state index contributed by atoms with van der Waals surface area (Å²) in [7, 11) is 0. The molecule has 0 spiro atoms. The number of amides is 2. The number of nitrogens with zero attached hydrogens (tertiary/aromatic N) is 4. The van der Waals surface area contributed by atoms with Crippen molar-refractivity contribution in [1.29, 1.82) is 0 Å². The number of carbonyl (C=O) groups excluding carboxylic acids is 2. The van der Waals surface area contributed by atoms with Crippen molar-refractivity contribution in [1.82, 2.24) is 14.8 Å². The number of aryl methyl sites for hydroxylation is 1. The van der Waals surface area contributed by atoms with E-state index in [1.165, 1.54) is 36.0 Å². The Morgan fingerprint density at radius 1 is 1.30 bits per heavy atom. The predicted octanol–water partition coefficient (Wildman–Crippen LogP) is 1.67. The van der Waals surface area contributed by atoms with Gasteiger partial charge in [-0.1, -0.05) is 11.8 Å². The summed E-state index contributed by atoms with van der Waals surface area (Å²) < 4.78 is 1.98. The highest BCUT2D eigenvalue weighted by Gasteiger charge is 2.29. The number of aromatic nitrogens is 3. The normalized spacial score (nSPS) is 13.3. The molecule has 0 bridgehead atoms. The molecule has 11 heteroatoms. The van der Waals surface area contributed by atoms with Gasteiger partial charge in [-0.15, -0.1) is 10.2 Å². The fourth-order valence-corrected chi connectivity index (χ4v) is 3.33. The Balaban J connectivity index is 1.58. The summed E-state index contributed by atoms with van der Waals surface area (Å²) in [6, 6.07) is 5.93. The summed E-state index contributed by atoms with van der Waals surface area (Å²) in [5, 5.41) is 22.2. The largest absolute Gasteiger partial charge is 0.370 e. The molecule has 1 fully saturated rings. The fraction of sp³-hybridized carbons (Fsp3) is 0.375. The Morgan fingerprint density at radius 2 is 2.00 bits per heavy atom. The third-order valence-electron chi connectivity index (χ3n) is 3.94. The number of hydrogen-bond acceptors (Lipinski definition) is 7. The second-order valence-electron chi connectivity index (χ2n) is 6.11. The highest BCUT2D eigenvalue weighted by atomic mass is 32.2. The van der Waals surface area contributed by atoms with Gasteiger partial charge in [0.1, 0.15) is 5.82 Å². The molecule has 2 amide bonds. The maximum absolute atomic E-state index is 12.1. The van der Waals surface area contributed by atoms with Crippen LogP contribution in [0.1, 0.15) is 31.1 Å². The maximum Gasteiger partial charge on any atom is 0.269 e. The average Bonchev–Trinajstić information content (AvgIpc) is 3.38. The second-order valence-corrected chi connectivity index (χ2v) is 7.05. The van der Waals surface area contributed by atoms with E-state index >= 15 is 0 Å². The van der Waals surface area contributed by atoms with Crippen molar-refractivity contribution in [3.63, 3.8) is 0 Å². The van der Waals surface area contributed by atoms with Gasteiger partial charge < -0.3 is 15.6 Å². The molecular formula is C16H18N6O4S. The zero-order valence-electron chi connectivity index (χ0n) is 14.3. The minimum atomic E-state index is -0.498. The number of thioether (sulfide) groups is 1. The Morgan fingerprint density at radius 3 is 2.59 bits per heavy atom. The van der Waals surface area contributed by atoms with Crippen LogP contribution in [-0.4, -0.2) is 37.3 Å².